The van der Waals surface area contributed by atoms with Crippen molar-refractivity contribution in [2.24, 2.45) is 5.84 Å². The summed E-state index contributed by atoms with van der Waals surface area (Å²) >= 11 is 3.51. The minimum absolute atomic E-state index is 0.0945. The van der Waals surface area contributed by atoms with Gasteiger partial charge in [0.25, 0.3) is 0 Å². The normalized spacial score (nSPS) is 12.2. The third kappa shape index (κ3) is 2.97. The Morgan fingerprint density at radius 3 is 2.58 bits per heavy atom. The van der Waals surface area contributed by atoms with Gasteiger partial charge in [-0.15, -0.1) is 0 Å². The highest BCUT2D eigenvalue weighted by Crippen LogP contribution is 2.30. The zero-order chi connectivity index (χ0) is 13.8. The molecular weight excluding hydrogens is 304 g/mol. The Morgan fingerprint density at radius 1 is 1.21 bits per heavy atom. The predicted octanol–water partition coefficient (Wildman–Crippen LogP) is 3.32. The standard InChI is InChI=1S/C15H17BrN2O/c1-10-9-11(7-8-13(10)16)15(18-17)12-5-3-4-6-14(12)19-2/h3-9,15,18H,17H2,1-2H3. The van der Waals surface area contributed by atoms with E-state index in [1.54, 1.807) is 7.11 Å². The third-order valence-electron chi connectivity index (χ3n) is 3.13. The Labute approximate surface area is 121 Å². The van der Waals surface area contributed by atoms with Crippen LogP contribution in [0.3, 0.4) is 0 Å². The second-order valence-electron chi connectivity index (χ2n) is 4.35. The topological polar surface area (TPSA) is 47.3 Å². The number of hydrogen-bond donors (Lipinski definition) is 2. The van der Waals surface area contributed by atoms with E-state index in [9.17, 15) is 0 Å². The minimum Gasteiger partial charge on any atom is -0.496 e. The number of aryl methyl sites for hydroxylation is 1. The summed E-state index contributed by atoms with van der Waals surface area (Å²) in [6, 6.07) is 14.0. The number of rotatable bonds is 4. The number of methoxy groups -OCH3 is 1. The average molecular weight is 321 g/mol. The maximum absolute atomic E-state index is 5.73. The Morgan fingerprint density at radius 2 is 1.95 bits per heavy atom. The van der Waals surface area contributed by atoms with Crippen LogP contribution in [0.1, 0.15) is 22.7 Å². The molecule has 0 saturated carbocycles. The van der Waals surface area contributed by atoms with Crippen LogP contribution in [-0.2, 0) is 0 Å². The van der Waals surface area contributed by atoms with Gasteiger partial charge in [-0.05, 0) is 30.2 Å². The van der Waals surface area contributed by atoms with Gasteiger partial charge >= 0.3 is 0 Å². The summed E-state index contributed by atoms with van der Waals surface area (Å²) in [5, 5.41) is 0. The van der Waals surface area contributed by atoms with Crippen molar-refractivity contribution >= 4 is 15.9 Å². The number of nitrogens with two attached hydrogens (primary N) is 1. The van der Waals surface area contributed by atoms with E-state index in [1.165, 1.54) is 5.56 Å². The van der Waals surface area contributed by atoms with Crippen LogP contribution in [0, 0.1) is 6.92 Å². The van der Waals surface area contributed by atoms with E-state index >= 15 is 0 Å². The molecule has 0 aliphatic heterocycles. The lowest BCUT2D eigenvalue weighted by Crippen LogP contribution is -2.29. The lowest BCUT2D eigenvalue weighted by atomic mass is 9.97. The Kier molecular flexibility index (Phi) is 4.58. The monoisotopic (exact) mass is 320 g/mol. The molecule has 2 rings (SSSR count). The van der Waals surface area contributed by atoms with Crippen LogP contribution in [-0.4, -0.2) is 7.11 Å². The SMILES string of the molecule is COc1ccccc1C(NN)c1ccc(Br)c(C)c1. The first-order valence-electron chi connectivity index (χ1n) is 6.02. The number of hydrogen-bond acceptors (Lipinski definition) is 3. The molecule has 1 atom stereocenters. The highest BCUT2D eigenvalue weighted by molar-refractivity contribution is 9.10. The van der Waals surface area contributed by atoms with Crippen LogP contribution in [0.4, 0.5) is 0 Å². The smallest absolute Gasteiger partial charge is 0.124 e. The fraction of sp³-hybridized carbons (Fsp3) is 0.200. The van der Waals surface area contributed by atoms with Gasteiger partial charge in [-0.2, -0.15) is 0 Å². The lowest BCUT2D eigenvalue weighted by Gasteiger charge is -2.20. The van der Waals surface area contributed by atoms with Gasteiger partial charge in [0.15, 0.2) is 0 Å². The van der Waals surface area contributed by atoms with Gasteiger partial charge < -0.3 is 4.74 Å². The van der Waals surface area contributed by atoms with Crippen molar-refractivity contribution in [1.29, 1.82) is 0 Å². The van der Waals surface area contributed by atoms with Crippen LogP contribution in [0.25, 0.3) is 0 Å². The first-order valence-corrected chi connectivity index (χ1v) is 6.81. The highest BCUT2D eigenvalue weighted by atomic mass is 79.9. The van der Waals surface area contributed by atoms with Gasteiger partial charge in [-0.25, -0.2) is 5.43 Å². The van der Waals surface area contributed by atoms with E-state index < -0.39 is 0 Å². The van der Waals surface area contributed by atoms with E-state index in [4.69, 9.17) is 10.6 Å². The molecule has 0 fully saturated rings. The molecule has 1 unspecified atom stereocenters. The molecule has 100 valence electrons. The number of benzene rings is 2. The average Bonchev–Trinajstić information content (AvgIpc) is 2.44. The molecule has 3 N–H and O–H groups in total. The number of para-hydroxylation sites is 1. The maximum Gasteiger partial charge on any atom is 0.124 e. The van der Waals surface area contributed by atoms with E-state index in [1.807, 2.05) is 36.4 Å². The molecule has 2 aromatic rings. The number of halogens is 1. The molecule has 0 aliphatic carbocycles. The molecule has 2 aromatic carbocycles. The summed E-state index contributed by atoms with van der Waals surface area (Å²) in [5.74, 6) is 6.56. The van der Waals surface area contributed by atoms with Crippen LogP contribution < -0.4 is 16.0 Å². The molecular formula is C15H17BrN2O. The molecule has 19 heavy (non-hydrogen) atoms. The first-order chi connectivity index (χ1) is 9.17. The Hall–Kier alpha value is -1.36. The third-order valence-corrected chi connectivity index (χ3v) is 4.02. The summed E-state index contributed by atoms with van der Waals surface area (Å²) in [4.78, 5) is 0. The van der Waals surface area contributed by atoms with Gasteiger partial charge in [0.1, 0.15) is 5.75 Å². The molecule has 0 amide bonds. The van der Waals surface area contributed by atoms with Gasteiger partial charge in [0.05, 0.1) is 13.2 Å². The second-order valence-corrected chi connectivity index (χ2v) is 5.20. The van der Waals surface area contributed by atoms with E-state index in [2.05, 4.69) is 34.3 Å². The summed E-state index contributed by atoms with van der Waals surface area (Å²) in [7, 11) is 1.67. The van der Waals surface area contributed by atoms with Crippen LogP contribution in [0.5, 0.6) is 5.75 Å². The zero-order valence-corrected chi connectivity index (χ0v) is 12.6. The molecule has 0 saturated heterocycles. The molecule has 4 heteroatoms. The molecule has 0 aromatic heterocycles. The van der Waals surface area contributed by atoms with Crippen molar-refractivity contribution in [2.75, 3.05) is 7.11 Å². The lowest BCUT2D eigenvalue weighted by molar-refractivity contribution is 0.404. The van der Waals surface area contributed by atoms with Gasteiger partial charge in [-0.3, -0.25) is 5.84 Å². The van der Waals surface area contributed by atoms with Gasteiger partial charge in [0, 0.05) is 10.0 Å². The number of hydrazine groups is 1. The van der Waals surface area contributed by atoms with Crippen molar-refractivity contribution in [3.05, 3.63) is 63.6 Å². The van der Waals surface area contributed by atoms with Gasteiger partial charge in [0.2, 0.25) is 0 Å². The fourth-order valence-corrected chi connectivity index (χ4v) is 2.36. The molecule has 0 bridgehead atoms. The van der Waals surface area contributed by atoms with Crippen molar-refractivity contribution in [1.82, 2.24) is 5.43 Å². The second kappa shape index (κ2) is 6.19. The molecule has 3 nitrogen and oxygen atoms in total. The summed E-state index contributed by atoms with van der Waals surface area (Å²) in [6.07, 6.45) is 0. The zero-order valence-electron chi connectivity index (χ0n) is 11.0. The van der Waals surface area contributed by atoms with Gasteiger partial charge in [-0.1, -0.05) is 46.3 Å². The van der Waals surface area contributed by atoms with Crippen LogP contribution in [0.2, 0.25) is 0 Å². The Bertz CT molecular complexity index is 572. The largest absolute Gasteiger partial charge is 0.496 e. The molecule has 0 aliphatic rings. The van der Waals surface area contributed by atoms with Crippen molar-refractivity contribution in [2.45, 2.75) is 13.0 Å². The molecule has 0 radical (unpaired) electrons. The van der Waals surface area contributed by atoms with Crippen LogP contribution in [0.15, 0.2) is 46.9 Å². The Balaban J connectivity index is 2.46. The predicted molar refractivity (Wildman–Crippen MR) is 81.0 cm³/mol. The molecule has 0 heterocycles. The summed E-state index contributed by atoms with van der Waals surface area (Å²) in [5.41, 5.74) is 6.16. The number of nitrogens with one attached hydrogen (secondary N) is 1. The van der Waals surface area contributed by atoms with Crippen molar-refractivity contribution in [3.63, 3.8) is 0 Å². The van der Waals surface area contributed by atoms with Crippen LogP contribution >= 0.6 is 15.9 Å². The highest BCUT2D eigenvalue weighted by Gasteiger charge is 2.16. The van der Waals surface area contributed by atoms with E-state index in [0.717, 1.165) is 21.3 Å². The quantitative estimate of drug-likeness (QED) is 0.671. The molecule has 0 spiro atoms. The minimum atomic E-state index is -0.0945. The maximum atomic E-state index is 5.73. The van der Waals surface area contributed by atoms with E-state index in [0.29, 0.717) is 0 Å². The fourth-order valence-electron chi connectivity index (χ4n) is 2.12. The van der Waals surface area contributed by atoms with Crippen molar-refractivity contribution < 1.29 is 4.74 Å². The summed E-state index contributed by atoms with van der Waals surface area (Å²) < 4.78 is 6.49. The van der Waals surface area contributed by atoms with E-state index in [-0.39, 0.29) is 6.04 Å². The summed E-state index contributed by atoms with van der Waals surface area (Å²) in [6.45, 7) is 2.06. The number of ether oxygens (including phenoxy) is 1. The van der Waals surface area contributed by atoms with Crippen molar-refractivity contribution in [3.8, 4) is 5.75 Å². The first kappa shape index (κ1) is 14.1.